The van der Waals surface area contributed by atoms with Crippen LogP contribution in [0.5, 0.6) is 0 Å². The van der Waals surface area contributed by atoms with Crippen molar-refractivity contribution < 1.29 is 14.3 Å². The first-order chi connectivity index (χ1) is 15.5. The highest BCUT2D eigenvalue weighted by molar-refractivity contribution is 7.99. The van der Waals surface area contributed by atoms with E-state index in [-0.39, 0.29) is 12.5 Å². The molecule has 2 aromatic carbocycles. The van der Waals surface area contributed by atoms with Crippen molar-refractivity contribution in [1.29, 1.82) is 0 Å². The minimum Gasteiger partial charge on any atom is -0.465 e. The number of methoxy groups -OCH3 is 1. The van der Waals surface area contributed by atoms with Crippen LogP contribution in [0.15, 0.2) is 52.3 Å². The monoisotopic (exact) mass is 489 g/mol. The Labute approximate surface area is 200 Å². The number of fused-ring (bicyclic) bond motifs is 1. The first-order valence-corrected chi connectivity index (χ1v) is 11.7. The van der Waals surface area contributed by atoms with E-state index < -0.39 is 5.97 Å². The summed E-state index contributed by atoms with van der Waals surface area (Å²) in [5.74, 6) is -0.706. The summed E-state index contributed by atoms with van der Waals surface area (Å²) >= 11 is 13.6. The molecule has 2 heterocycles. The average Bonchev–Trinajstić information content (AvgIpc) is 3.17. The van der Waals surface area contributed by atoms with Gasteiger partial charge in [-0.2, -0.15) is 5.10 Å². The Kier molecular flexibility index (Phi) is 7.08. The summed E-state index contributed by atoms with van der Waals surface area (Å²) in [6.45, 7) is 0.878. The Balaban J connectivity index is 1.56. The third-order valence-corrected chi connectivity index (χ3v) is 6.75. The number of carbonyl (C=O) groups excluding carboxylic acids is 2. The van der Waals surface area contributed by atoms with Crippen molar-refractivity contribution in [3.05, 3.63) is 75.0 Å². The first-order valence-electron chi connectivity index (χ1n) is 10.1. The van der Waals surface area contributed by atoms with Crippen LogP contribution < -0.4 is 5.32 Å². The van der Waals surface area contributed by atoms with Crippen LogP contribution in [0.1, 0.15) is 44.9 Å². The summed E-state index contributed by atoms with van der Waals surface area (Å²) in [6, 6.07) is 12.5. The van der Waals surface area contributed by atoms with Crippen LogP contribution in [-0.4, -0.2) is 28.8 Å². The first kappa shape index (κ1) is 22.7. The maximum atomic E-state index is 13.0. The number of carbonyl (C=O) groups is 2. The number of amides is 1. The van der Waals surface area contributed by atoms with Crippen LogP contribution in [-0.2, 0) is 24.2 Å². The number of aromatic nitrogens is 2. The van der Waals surface area contributed by atoms with Crippen molar-refractivity contribution in [2.75, 3.05) is 7.11 Å². The zero-order valence-corrected chi connectivity index (χ0v) is 19.7. The Morgan fingerprint density at radius 2 is 1.88 bits per heavy atom. The van der Waals surface area contributed by atoms with Gasteiger partial charge in [-0.3, -0.25) is 9.48 Å². The molecule has 0 unspecified atom stereocenters. The predicted molar refractivity (Wildman–Crippen MR) is 125 cm³/mol. The molecule has 1 aromatic heterocycles. The molecule has 9 heteroatoms. The lowest BCUT2D eigenvalue weighted by atomic mass is 10.0. The lowest BCUT2D eigenvalue weighted by molar-refractivity contribution is 0.0597. The molecule has 32 heavy (non-hydrogen) atoms. The van der Waals surface area contributed by atoms with Crippen LogP contribution in [0.3, 0.4) is 0 Å². The number of esters is 1. The maximum Gasteiger partial charge on any atom is 0.341 e. The number of hydrogen-bond acceptors (Lipinski definition) is 5. The molecule has 0 fully saturated rings. The van der Waals surface area contributed by atoms with Crippen molar-refractivity contribution in [3.63, 3.8) is 0 Å². The fourth-order valence-electron chi connectivity index (χ4n) is 3.66. The normalized spacial score (nSPS) is 12.8. The smallest absolute Gasteiger partial charge is 0.341 e. The molecule has 3 aromatic rings. The van der Waals surface area contributed by atoms with Gasteiger partial charge in [0.2, 0.25) is 0 Å². The van der Waals surface area contributed by atoms with Gasteiger partial charge in [0.1, 0.15) is 5.56 Å². The summed E-state index contributed by atoms with van der Waals surface area (Å²) in [5, 5.41) is 8.63. The van der Waals surface area contributed by atoms with Gasteiger partial charge < -0.3 is 10.1 Å². The van der Waals surface area contributed by atoms with Crippen molar-refractivity contribution in [3.8, 4) is 0 Å². The zero-order valence-electron chi connectivity index (χ0n) is 17.4. The molecular formula is C23H21Cl2N3O3S. The van der Waals surface area contributed by atoms with Gasteiger partial charge >= 0.3 is 5.97 Å². The van der Waals surface area contributed by atoms with Gasteiger partial charge in [-0.05, 0) is 61.7 Å². The van der Waals surface area contributed by atoms with Crippen molar-refractivity contribution in [2.45, 2.75) is 42.1 Å². The minimum atomic E-state index is -0.428. The molecule has 6 nitrogen and oxygen atoms in total. The molecule has 1 N–H and O–H groups in total. The van der Waals surface area contributed by atoms with Gasteiger partial charge in [-0.1, -0.05) is 35.0 Å². The van der Waals surface area contributed by atoms with E-state index in [2.05, 4.69) is 10.4 Å². The molecule has 4 rings (SSSR count). The summed E-state index contributed by atoms with van der Waals surface area (Å²) in [6.07, 6.45) is 2.78. The van der Waals surface area contributed by atoms with Crippen molar-refractivity contribution in [1.82, 2.24) is 15.1 Å². The highest BCUT2D eigenvalue weighted by Gasteiger charge is 2.26. The van der Waals surface area contributed by atoms with E-state index in [4.69, 9.17) is 27.9 Å². The molecule has 1 amide bonds. The van der Waals surface area contributed by atoms with Crippen LogP contribution in [0, 0.1) is 0 Å². The number of nitrogens with zero attached hydrogens (tertiary/aromatic N) is 2. The summed E-state index contributed by atoms with van der Waals surface area (Å²) < 4.78 is 6.82. The van der Waals surface area contributed by atoms with Crippen LogP contribution in [0.2, 0.25) is 10.0 Å². The Morgan fingerprint density at radius 3 is 2.62 bits per heavy atom. The van der Waals surface area contributed by atoms with E-state index in [0.29, 0.717) is 26.9 Å². The average molecular weight is 490 g/mol. The van der Waals surface area contributed by atoms with Crippen LogP contribution in [0.25, 0.3) is 0 Å². The highest BCUT2D eigenvalue weighted by Crippen LogP contribution is 2.33. The second-order valence-corrected chi connectivity index (χ2v) is 9.31. The molecule has 0 bridgehead atoms. The molecule has 1 aliphatic rings. The van der Waals surface area contributed by atoms with E-state index in [1.807, 2.05) is 16.8 Å². The molecule has 0 saturated heterocycles. The largest absolute Gasteiger partial charge is 0.465 e. The molecule has 0 saturated carbocycles. The Hall–Kier alpha value is -2.48. The molecule has 166 valence electrons. The maximum absolute atomic E-state index is 13.0. The van der Waals surface area contributed by atoms with E-state index in [1.165, 1.54) is 18.9 Å². The minimum absolute atomic E-state index is 0.122. The fraction of sp³-hybridized carbons (Fsp3) is 0.261. The molecule has 0 aliphatic carbocycles. The molecule has 0 atom stereocenters. The topological polar surface area (TPSA) is 73.2 Å². The summed E-state index contributed by atoms with van der Waals surface area (Å²) in [7, 11) is 1.35. The zero-order chi connectivity index (χ0) is 22.7. The molecule has 1 aliphatic heterocycles. The predicted octanol–water partition coefficient (Wildman–Crippen LogP) is 5.39. The number of benzene rings is 2. The van der Waals surface area contributed by atoms with Gasteiger partial charge in [0.15, 0.2) is 0 Å². The third-order valence-electron chi connectivity index (χ3n) is 5.20. The number of hydrogen-bond donors (Lipinski definition) is 1. The van der Waals surface area contributed by atoms with Crippen LogP contribution >= 0.6 is 35.0 Å². The lowest BCUT2D eigenvalue weighted by Crippen LogP contribution is -2.24. The Morgan fingerprint density at radius 1 is 1.12 bits per heavy atom. The highest BCUT2D eigenvalue weighted by atomic mass is 35.5. The van der Waals surface area contributed by atoms with Gasteiger partial charge in [0, 0.05) is 26.4 Å². The number of rotatable bonds is 6. The molecule has 0 spiro atoms. The number of halogens is 2. The Bertz CT molecular complexity index is 1160. The lowest BCUT2D eigenvalue weighted by Gasteiger charge is -2.13. The summed E-state index contributed by atoms with van der Waals surface area (Å²) in [5.41, 5.74) is 2.33. The van der Waals surface area contributed by atoms with Gasteiger partial charge in [0.05, 0.1) is 30.6 Å². The third kappa shape index (κ3) is 4.95. The number of ether oxygens (including phenoxy) is 1. The van der Waals surface area contributed by atoms with E-state index in [0.717, 1.165) is 41.3 Å². The van der Waals surface area contributed by atoms with Gasteiger partial charge in [0.25, 0.3) is 5.91 Å². The molecule has 0 radical (unpaired) electrons. The summed E-state index contributed by atoms with van der Waals surface area (Å²) in [4.78, 5) is 27.1. The number of aryl methyl sites for hydroxylation is 1. The standard InChI is InChI=1S/C23H21Cl2N3O3S/c1-31-23(30)21-18(27-28-11-3-2-4-19(21)28)13-26-22(29)17-10-7-15(25)12-20(17)32-16-8-5-14(24)6-9-16/h5-10,12H,2-4,11,13H2,1H3,(H,26,29). The quantitative estimate of drug-likeness (QED) is 0.469. The molecular weight excluding hydrogens is 469 g/mol. The van der Waals surface area contributed by atoms with E-state index in [1.54, 1.807) is 30.3 Å². The second kappa shape index (κ2) is 9.98. The van der Waals surface area contributed by atoms with Crippen molar-refractivity contribution in [2.24, 2.45) is 0 Å². The van der Waals surface area contributed by atoms with Gasteiger partial charge in [-0.25, -0.2) is 4.79 Å². The van der Waals surface area contributed by atoms with Crippen molar-refractivity contribution >= 4 is 46.8 Å². The fourth-order valence-corrected chi connectivity index (χ4v) is 5.01. The number of nitrogens with one attached hydrogen (secondary N) is 1. The van der Waals surface area contributed by atoms with E-state index in [9.17, 15) is 9.59 Å². The second-order valence-electron chi connectivity index (χ2n) is 7.32. The van der Waals surface area contributed by atoms with Gasteiger partial charge in [-0.15, -0.1) is 0 Å². The van der Waals surface area contributed by atoms with E-state index >= 15 is 0 Å². The van der Waals surface area contributed by atoms with Crippen LogP contribution in [0.4, 0.5) is 0 Å². The SMILES string of the molecule is COC(=O)c1c(CNC(=O)c2ccc(Cl)cc2Sc2ccc(Cl)cc2)nn2c1CCCC2.